The highest BCUT2D eigenvalue weighted by atomic mass is 16.5. The van der Waals surface area contributed by atoms with Gasteiger partial charge in [0.05, 0.1) is 7.11 Å². The van der Waals surface area contributed by atoms with Crippen LogP contribution in [0, 0.1) is 0 Å². The third-order valence-corrected chi connectivity index (χ3v) is 3.88. The lowest BCUT2D eigenvalue weighted by atomic mass is 10.1. The van der Waals surface area contributed by atoms with Gasteiger partial charge in [-0.3, -0.25) is 4.79 Å². The summed E-state index contributed by atoms with van der Waals surface area (Å²) in [4.78, 5) is 11.5. The molecule has 1 aliphatic rings. The molecule has 0 aromatic heterocycles. The first-order valence-electron chi connectivity index (χ1n) is 7.10. The van der Waals surface area contributed by atoms with Crippen LogP contribution in [0.2, 0.25) is 0 Å². The fourth-order valence-electron chi connectivity index (χ4n) is 2.77. The van der Waals surface area contributed by atoms with Gasteiger partial charge < -0.3 is 9.47 Å². The fourth-order valence-corrected chi connectivity index (χ4v) is 2.77. The van der Waals surface area contributed by atoms with Crippen LogP contribution in [0.15, 0.2) is 42.5 Å². The number of ether oxygens (including phenoxy) is 2. The number of rotatable bonds is 4. The number of benzene rings is 2. The van der Waals surface area contributed by atoms with Crippen LogP contribution < -0.4 is 9.47 Å². The van der Waals surface area contributed by atoms with Crippen molar-refractivity contribution in [2.75, 3.05) is 7.11 Å². The van der Waals surface area contributed by atoms with E-state index in [0.717, 1.165) is 12.8 Å². The number of Topliss-reactive ketones (excluding diaryl/α,β-unsaturated/α-hetero) is 1. The quantitative estimate of drug-likeness (QED) is 0.806. The van der Waals surface area contributed by atoms with Crippen LogP contribution in [0.5, 0.6) is 11.5 Å². The van der Waals surface area contributed by atoms with E-state index in [1.54, 1.807) is 32.2 Å². The van der Waals surface area contributed by atoms with Gasteiger partial charge in [-0.2, -0.15) is 0 Å². The molecule has 0 unspecified atom stereocenters. The van der Waals surface area contributed by atoms with Crippen LogP contribution in [0.25, 0.3) is 0 Å². The van der Waals surface area contributed by atoms with E-state index in [1.807, 2.05) is 0 Å². The Morgan fingerprint density at radius 2 is 1.71 bits per heavy atom. The Balaban J connectivity index is 1.82. The van der Waals surface area contributed by atoms with E-state index in [0.29, 0.717) is 17.1 Å². The van der Waals surface area contributed by atoms with E-state index in [2.05, 4.69) is 24.3 Å². The van der Waals surface area contributed by atoms with Crippen molar-refractivity contribution >= 4 is 5.78 Å². The highest BCUT2D eigenvalue weighted by Crippen LogP contribution is 2.32. The lowest BCUT2D eigenvalue weighted by Gasteiger charge is -2.16. The van der Waals surface area contributed by atoms with Crippen molar-refractivity contribution in [3.63, 3.8) is 0 Å². The number of ketones is 1. The minimum absolute atomic E-state index is 0.0252. The molecule has 3 nitrogen and oxygen atoms in total. The Kier molecular flexibility index (Phi) is 3.65. The Hall–Kier alpha value is -2.29. The van der Waals surface area contributed by atoms with Gasteiger partial charge in [0.2, 0.25) is 0 Å². The molecule has 0 amide bonds. The number of fused-ring (bicyclic) bond motifs is 1. The van der Waals surface area contributed by atoms with Crippen molar-refractivity contribution in [2.24, 2.45) is 0 Å². The number of methoxy groups -OCH3 is 1. The first-order chi connectivity index (χ1) is 10.2. The van der Waals surface area contributed by atoms with Gasteiger partial charge in [-0.05, 0) is 36.2 Å². The van der Waals surface area contributed by atoms with Gasteiger partial charge in [-0.15, -0.1) is 0 Å². The second-order valence-electron chi connectivity index (χ2n) is 5.34. The summed E-state index contributed by atoms with van der Waals surface area (Å²) in [5.74, 6) is 1.33. The minimum atomic E-state index is 0.0252. The number of carbonyl (C=O) groups is 1. The molecule has 0 fully saturated rings. The maximum absolute atomic E-state index is 11.5. The summed E-state index contributed by atoms with van der Waals surface area (Å²) in [5.41, 5.74) is 3.31. The smallest absolute Gasteiger partial charge is 0.162 e. The topological polar surface area (TPSA) is 35.5 Å². The predicted octanol–water partition coefficient (Wildman–Crippen LogP) is 3.44. The number of hydrogen-bond donors (Lipinski definition) is 0. The van der Waals surface area contributed by atoms with E-state index in [4.69, 9.17) is 9.47 Å². The van der Waals surface area contributed by atoms with Crippen LogP contribution in [0.1, 0.15) is 28.4 Å². The van der Waals surface area contributed by atoms with Gasteiger partial charge in [0, 0.05) is 18.4 Å². The molecular formula is C18H18O3. The molecule has 0 spiro atoms. The summed E-state index contributed by atoms with van der Waals surface area (Å²) in [7, 11) is 1.61. The van der Waals surface area contributed by atoms with Crippen LogP contribution in [-0.4, -0.2) is 19.0 Å². The van der Waals surface area contributed by atoms with Crippen LogP contribution in [0.3, 0.4) is 0 Å². The zero-order chi connectivity index (χ0) is 14.8. The van der Waals surface area contributed by atoms with Gasteiger partial charge >= 0.3 is 0 Å². The molecule has 0 heterocycles. The molecule has 0 saturated carbocycles. The molecule has 0 atom stereocenters. The summed E-state index contributed by atoms with van der Waals surface area (Å²) >= 11 is 0. The second kappa shape index (κ2) is 5.60. The lowest BCUT2D eigenvalue weighted by molar-refractivity contribution is 0.101. The summed E-state index contributed by atoms with van der Waals surface area (Å²) in [6.07, 6.45) is 1.88. The molecule has 1 aliphatic carbocycles. The Morgan fingerprint density at radius 1 is 1.05 bits per heavy atom. The van der Waals surface area contributed by atoms with Crippen molar-refractivity contribution in [3.8, 4) is 11.5 Å². The molecule has 3 rings (SSSR count). The van der Waals surface area contributed by atoms with E-state index in [1.165, 1.54) is 11.1 Å². The lowest BCUT2D eigenvalue weighted by Crippen LogP contribution is -2.17. The van der Waals surface area contributed by atoms with Gasteiger partial charge in [0.25, 0.3) is 0 Å². The third kappa shape index (κ3) is 2.77. The Morgan fingerprint density at radius 3 is 2.29 bits per heavy atom. The molecule has 0 aliphatic heterocycles. The summed E-state index contributed by atoms with van der Waals surface area (Å²) in [6, 6.07) is 13.7. The number of carbonyl (C=O) groups excluding carboxylic acids is 1. The monoisotopic (exact) mass is 282 g/mol. The summed E-state index contributed by atoms with van der Waals surface area (Å²) < 4.78 is 11.4. The van der Waals surface area contributed by atoms with Crippen LogP contribution >= 0.6 is 0 Å². The molecular weight excluding hydrogens is 264 g/mol. The summed E-state index contributed by atoms with van der Waals surface area (Å²) in [5, 5.41) is 0. The summed E-state index contributed by atoms with van der Waals surface area (Å²) in [6.45, 7) is 1.55. The average Bonchev–Trinajstić information content (AvgIpc) is 2.89. The van der Waals surface area contributed by atoms with Crippen LogP contribution in [0.4, 0.5) is 0 Å². The van der Waals surface area contributed by atoms with Crippen molar-refractivity contribution in [2.45, 2.75) is 25.9 Å². The normalized spacial score (nSPS) is 13.8. The molecule has 108 valence electrons. The van der Waals surface area contributed by atoms with Gasteiger partial charge in [0.15, 0.2) is 17.3 Å². The Bertz CT molecular complexity index is 651. The number of hydrogen-bond acceptors (Lipinski definition) is 3. The third-order valence-electron chi connectivity index (χ3n) is 3.88. The van der Waals surface area contributed by atoms with E-state index in [9.17, 15) is 4.79 Å². The zero-order valence-corrected chi connectivity index (χ0v) is 12.3. The predicted molar refractivity (Wildman–Crippen MR) is 81.3 cm³/mol. The average molecular weight is 282 g/mol. The van der Waals surface area contributed by atoms with Gasteiger partial charge in [0.1, 0.15) is 6.10 Å². The largest absolute Gasteiger partial charge is 0.493 e. The van der Waals surface area contributed by atoms with Gasteiger partial charge in [-0.25, -0.2) is 0 Å². The van der Waals surface area contributed by atoms with Crippen molar-refractivity contribution < 1.29 is 14.3 Å². The second-order valence-corrected chi connectivity index (χ2v) is 5.34. The molecule has 0 saturated heterocycles. The van der Waals surface area contributed by atoms with E-state index >= 15 is 0 Å². The van der Waals surface area contributed by atoms with Crippen molar-refractivity contribution in [1.29, 1.82) is 0 Å². The molecule has 0 N–H and O–H groups in total. The standard InChI is InChI=1S/C18H18O3/c1-12(19)13-7-8-17(20-2)18(11-13)21-16-9-14-5-3-4-6-15(14)10-16/h3-8,11,16H,9-10H2,1-2H3. The molecule has 2 aromatic carbocycles. The zero-order valence-electron chi connectivity index (χ0n) is 12.3. The SMILES string of the molecule is COc1ccc(C(C)=O)cc1OC1Cc2ccccc2C1. The first-order valence-corrected chi connectivity index (χ1v) is 7.10. The highest BCUT2D eigenvalue weighted by Gasteiger charge is 2.23. The van der Waals surface area contributed by atoms with E-state index < -0.39 is 0 Å². The molecule has 3 heteroatoms. The molecule has 2 aromatic rings. The molecule has 0 bridgehead atoms. The van der Waals surface area contributed by atoms with Crippen LogP contribution in [-0.2, 0) is 12.8 Å². The fraction of sp³-hybridized carbons (Fsp3) is 0.278. The highest BCUT2D eigenvalue weighted by molar-refractivity contribution is 5.94. The molecule has 0 radical (unpaired) electrons. The van der Waals surface area contributed by atoms with Crippen molar-refractivity contribution in [3.05, 3.63) is 59.2 Å². The van der Waals surface area contributed by atoms with Crippen molar-refractivity contribution in [1.82, 2.24) is 0 Å². The van der Waals surface area contributed by atoms with Gasteiger partial charge in [-0.1, -0.05) is 24.3 Å². The minimum Gasteiger partial charge on any atom is -0.493 e. The Labute approximate surface area is 124 Å². The molecule has 21 heavy (non-hydrogen) atoms. The maximum atomic E-state index is 11.5. The van der Waals surface area contributed by atoms with E-state index in [-0.39, 0.29) is 11.9 Å². The first kappa shape index (κ1) is 13.7. The maximum Gasteiger partial charge on any atom is 0.162 e.